The van der Waals surface area contributed by atoms with E-state index in [1.165, 1.54) is 38.8 Å². The van der Waals surface area contributed by atoms with Gasteiger partial charge >= 0.3 is 0 Å². The summed E-state index contributed by atoms with van der Waals surface area (Å²) in [6.45, 7) is 4.69. The lowest BCUT2D eigenvalue weighted by atomic mass is 9.98. The monoisotopic (exact) mass is 382 g/mol. The van der Waals surface area contributed by atoms with Gasteiger partial charge in [0.1, 0.15) is 0 Å². The van der Waals surface area contributed by atoms with Crippen molar-refractivity contribution in [1.29, 1.82) is 0 Å². The van der Waals surface area contributed by atoms with Crippen molar-refractivity contribution in [1.82, 2.24) is 0 Å². The fraction of sp³-hybridized carbons (Fsp3) is 0.375. The first-order valence-electron chi connectivity index (χ1n) is 6.92. The van der Waals surface area contributed by atoms with Crippen LogP contribution in [0.25, 0.3) is 10.8 Å². The molecule has 3 heteroatoms. The first kappa shape index (κ1) is 13.6. The van der Waals surface area contributed by atoms with Crippen LogP contribution in [0.4, 0.5) is 0 Å². The van der Waals surface area contributed by atoms with E-state index in [-0.39, 0.29) is 0 Å². The standard InChI is InChI=1S/C16H19IOSi/c1-19(2)11-5-8-15(18-19)16-13-7-4-3-6-12(13)9-10-14(16)17/h3-4,6-7,9-10,15H,5,8,11H2,1-2H3. The molecule has 0 amide bonds. The smallest absolute Gasteiger partial charge is 0.187 e. The van der Waals surface area contributed by atoms with Crippen LogP contribution in [-0.4, -0.2) is 8.32 Å². The molecule has 1 aliphatic rings. The van der Waals surface area contributed by atoms with E-state index in [1.807, 2.05) is 0 Å². The molecule has 1 nitrogen and oxygen atoms in total. The molecule has 0 bridgehead atoms. The van der Waals surface area contributed by atoms with E-state index in [0.29, 0.717) is 6.10 Å². The average molecular weight is 382 g/mol. The fourth-order valence-corrected chi connectivity index (χ4v) is 6.01. The van der Waals surface area contributed by atoms with Crippen LogP contribution in [0.3, 0.4) is 0 Å². The lowest BCUT2D eigenvalue weighted by Crippen LogP contribution is -2.36. The molecule has 0 N–H and O–H groups in total. The fourth-order valence-electron chi connectivity index (χ4n) is 3.02. The quantitative estimate of drug-likeness (QED) is 0.467. The van der Waals surface area contributed by atoms with Crippen molar-refractivity contribution in [2.45, 2.75) is 38.1 Å². The van der Waals surface area contributed by atoms with Crippen molar-refractivity contribution < 1.29 is 4.43 Å². The first-order valence-corrected chi connectivity index (χ1v) is 11.1. The van der Waals surface area contributed by atoms with Gasteiger partial charge in [0.15, 0.2) is 8.32 Å². The number of hydrogen-bond donors (Lipinski definition) is 0. The van der Waals surface area contributed by atoms with Gasteiger partial charge < -0.3 is 4.43 Å². The molecule has 3 rings (SSSR count). The summed E-state index contributed by atoms with van der Waals surface area (Å²) in [5.74, 6) is 0. The summed E-state index contributed by atoms with van der Waals surface area (Å²) in [4.78, 5) is 0. The average Bonchev–Trinajstić information content (AvgIpc) is 2.37. The Morgan fingerprint density at radius 2 is 1.95 bits per heavy atom. The van der Waals surface area contributed by atoms with Gasteiger partial charge in [-0.3, -0.25) is 0 Å². The summed E-state index contributed by atoms with van der Waals surface area (Å²) in [7, 11) is -1.45. The molecule has 2 aromatic rings. The second kappa shape index (κ2) is 5.18. The minimum absolute atomic E-state index is 0.299. The molecule has 0 aliphatic carbocycles. The third-order valence-corrected chi connectivity index (χ3v) is 7.37. The number of hydrogen-bond acceptors (Lipinski definition) is 1. The Balaban J connectivity index is 2.11. The highest BCUT2D eigenvalue weighted by atomic mass is 127. The predicted octanol–water partition coefficient (Wildman–Crippen LogP) is 5.50. The maximum Gasteiger partial charge on any atom is 0.187 e. The van der Waals surface area contributed by atoms with Gasteiger partial charge in [-0.15, -0.1) is 0 Å². The van der Waals surface area contributed by atoms with Gasteiger partial charge in [-0.25, -0.2) is 0 Å². The van der Waals surface area contributed by atoms with E-state index in [1.54, 1.807) is 0 Å². The molecule has 2 aromatic carbocycles. The van der Waals surface area contributed by atoms with Crippen LogP contribution in [-0.2, 0) is 4.43 Å². The normalized spacial score (nSPS) is 22.6. The first-order chi connectivity index (χ1) is 9.07. The third-order valence-electron chi connectivity index (χ3n) is 3.95. The highest BCUT2D eigenvalue weighted by Crippen LogP contribution is 2.40. The van der Waals surface area contributed by atoms with E-state index in [9.17, 15) is 0 Å². The van der Waals surface area contributed by atoms with E-state index >= 15 is 0 Å². The minimum Gasteiger partial charge on any atom is -0.410 e. The van der Waals surface area contributed by atoms with Gasteiger partial charge in [-0.05, 0) is 65.0 Å². The number of rotatable bonds is 1. The Kier molecular flexibility index (Phi) is 3.71. The van der Waals surface area contributed by atoms with Crippen LogP contribution >= 0.6 is 22.6 Å². The van der Waals surface area contributed by atoms with E-state index in [4.69, 9.17) is 4.43 Å². The highest BCUT2D eigenvalue weighted by Gasteiger charge is 2.33. The summed E-state index contributed by atoms with van der Waals surface area (Å²) in [5.41, 5.74) is 1.42. The van der Waals surface area contributed by atoms with Crippen LogP contribution in [0, 0.1) is 3.57 Å². The topological polar surface area (TPSA) is 9.23 Å². The van der Waals surface area contributed by atoms with Gasteiger partial charge in [0, 0.05) is 9.13 Å². The molecule has 0 aromatic heterocycles. The molecule has 1 atom stereocenters. The maximum atomic E-state index is 6.48. The summed E-state index contributed by atoms with van der Waals surface area (Å²) >= 11 is 2.46. The van der Waals surface area contributed by atoms with Crippen molar-refractivity contribution in [3.8, 4) is 0 Å². The Hall–Kier alpha value is -0.393. The molecule has 0 saturated carbocycles. The zero-order chi connectivity index (χ0) is 13.5. The second-order valence-corrected chi connectivity index (χ2v) is 11.4. The molecule has 19 heavy (non-hydrogen) atoms. The zero-order valence-electron chi connectivity index (χ0n) is 11.4. The third kappa shape index (κ3) is 2.73. The SMILES string of the molecule is C[Si]1(C)CCCC(c2c(I)ccc3ccccc23)O1. The van der Waals surface area contributed by atoms with Gasteiger partial charge in [-0.1, -0.05) is 36.8 Å². The van der Waals surface area contributed by atoms with Crippen molar-refractivity contribution in [2.75, 3.05) is 0 Å². The Bertz CT molecular complexity index is 609. The molecule has 0 radical (unpaired) electrons. The lowest BCUT2D eigenvalue weighted by molar-refractivity contribution is 0.164. The summed E-state index contributed by atoms with van der Waals surface area (Å²) < 4.78 is 7.82. The largest absolute Gasteiger partial charge is 0.410 e. The Morgan fingerprint density at radius 3 is 2.74 bits per heavy atom. The summed E-state index contributed by atoms with van der Waals surface area (Å²) in [6.07, 6.45) is 2.78. The van der Waals surface area contributed by atoms with Crippen LogP contribution in [0.15, 0.2) is 36.4 Å². The molecular formula is C16H19IOSi. The number of fused-ring (bicyclic) bond motifs is 1. The lowest BCUT2D eigenvalue weighted by Gasteiger charge is -2.35. The van der Waals surface area contributed by atoms with Crippen LogP contribution in [0.5, 0.6) is 0 Å². The molecule has 1 unspecified atom stereocenters. The Labute approximate surface area is 129 Å². The van der Waals surface area contributed by atoms with Crippen molar-refractivity contribution >= 4 is 41.7 Å². The molecule has 100 valence electrons. The van der Waals surface area contributed by atoms with E-state index in [0.717, 1.165) is 0 Å². The van der Waals surface area contributed by atoms with Crippen LogP contribution in [0.2, 0.25) is 19.1 Å². The van der Waals surface area contributed by atoms with Crippen molar-refractivity contribution in [3.05, 3.63) is 45.5 Å². The summed E-state index contributed by atoms with van der Waals surface area (Å²) in [6, 6.07) is 14.4. The van der Waals surface area contributed by atoms with Crippen LogP contribution < -0.4 is 0 Å². The zero-order valence-corrected chi connectivity index (χ0v) is 14.6. The van der Waals surface area contributed by atoms with E-state index < -0.39 is 8.32 Å². The van der Waals surface area contributed by atoms with E-state index in [2.05, 4.69) is 72.1 Å². The van der Waals surface area contributed by atoms with Gasteiger partial charge in [0.2, 0.25) is 0 Å². The van der Waals surface area contributed by atoms with Gasteiger partial charge in [-0.2, -0.15) is 0 Å². The molecular weight excluding hydrogens is 363 g/mol. The summed E-state index contributed by atoms with van der Waals surface area (Å²) in [5, 5.41) is 2.69. The van der Waals surface area contributed by atoms with Crippen LogP contribution in [0.1, 0.15) is 24.5 Å². The molecule has 1 aliphatic heterocycles. The maximum absolute atomic E-state index is 6.48. The highest BCUT2D eigenvalue weighted by molar-refractivity contribution is 14.1. The molecule has 0 spiro atoms. The van der Waals surface area contributed by atoms with Gasteiger partial charge in [0.25, 0.3) is 0 Å². The molecule has 1 fully saturated rings. The van der Waals surface area contributed by atoms with Gasteiger partial charge in [0.05, 0.1) is 6.10 Å². The Morgan fingerprint density at radius 1 is 1.16 bits per heavy atom. The second-order valence-electron chi connectivity index (χ2n) is 5.94. The predicted molar refractivity (Wildman–Crippen MR) is 92.0 cm³/mol. The van der Waals surface area contributed by atoms with Crippen molar-refractivity contribution in [3.63, 3.8) is 0 Å². The molecule has 1 saturated heterocycles. The number of benzene rings is 2. The number of halogens is 1. The van der Waals surface area contributed by atoms with Crippen molar-refractivity contribution in [2.24, 2.45) is 0 Å². The minimum atomic E-state index is -1.45. The molecule has 1 heterocycles.